The smallest absolute Gasteiger partial charge is 0.318 e. The Morgan fingerprint density at radius 2 is 1.62 bits per heavy atom. The normalized spacial score (nSPS) is 10.0. The third-order valence-electron chi connectivity index (χ3n) is 2.89. The summed E-state index contributed by atoms with van der Waals surface area (Å²) in [6.45, 7) is 3.40. The standard InChI is InChI=1S/C14H16N4O3/c1-8-12(9(2)21-18-8)13(19)16-10-4-6-11(7-5-10)17-14(20)15-3/h4-7H,1-3H3,(H,16,19)(H2,15,17,20). The highest BCUT2D eigenvalue weighted by Gasteiger charge is 2.17. The van der Waals surface area contributed by atoms with Crippen molar-refractivity contribution in [1.82, 2.24) is 10.5 Å². The zero-order valence-electron chi connectivity index (χ0n) is 12.0. The molecule has 2 aromatic rings. The summed E-state index contributed by atoms with van der Waals surface area (Å²) in [4.78, 5) is 23.3. The van der Waals surface area contributed by atoms with E-state index in [9.17, 15) is 9.59 Å². The number of nitrogens with one attached hydrogen (secondary N) is 3. The first kappa shape index (κ1) is 14.6. The van der Waals surface area contributed by atoms with Crippen molar-refractivity contribution in [3.63, 3.8) is 0 Å². The van der Waals surface area contributed by atoms with Gasteiger partial charge in [0.15, 0.2) is 0 Å². The second-order valence-corrected chi connectivity index (χ2v) is 4.43. The van der Waals surface area contributed by atoms with Crippen LogP contribution in [0.4, 0.5) is 16.2 Å². The van der Waals surface area contributed by atoms with Crippen LogP contribution in [0.15, 0.2) is 28.8 Å². The molecule has 0 unspecified atom stereocenters. The summed E-state index contributed by atoms with van der Waals surface area (Å²) in [6.07, 6.45) is 0. The molecule has 0 bridgehead atoms. The molecule has 0 spiro atoms. The molecule has 110 valence electrons. The van der Waals surface area contributed by atoms with Crippen LogP contribution in [-0.4, -0.2) is 24.1 Å². The molecule has 0 saturated heterocycles. The van der Waals surface area contributed by atoms with Gasteiger partial charge in [0.25, 0.3) is 5.91 Å². The van der Waals surface area contributed by atoms with E-state index in [1.165, 1.54) is 7.05 Å². The van der Waals surface area contributed by atoms with Gasteiger partial charge in [0.05, 0.1) is 5.69 Å². The molecule has 2 rings (SSSR count). The average molecular weight is 288 g/mol. The van der Waals surface area contributed by atoms with Crippen molar-refractivity contribution in [2.75, 3.05) is 17.7 Å². The summed E-state index contributed by atoms with van der Waals surface area (Å²) in [5.41, 5.74) is 2.22. The van der Waals surface area contributed by atoms with E-state index in [-0.39, 0.29) is 11.9 Å². The van der Waals surface area contributed by atoms with E-state index in [1.807, 2.05) is 0 Å². The summed E-state index contributed by atoms with van der Waals surface area (Å²) >= 11 is 0. The van der Waals surface area contributed by atoms with Crippen LogP contribution < -0.4 is 16.0 Å². The van der Waals surface area contributed by atoms with Crippen molar-refractivity contribution in [3.8, 4) is 0 Å². The van der Waals surface area contributed by atoms with Gasteiger partial charge >= 0.3 is 6.03 Å². The lowest BCUT2D eigenvalue weighted by molar-refractivity contribution is 0.102. The SMILES string of the molecule is CNC(=O)Nc1ccc(NC(=O)c2c(C)noc2C)cc1. The van der Waals surface area contributed by atoms with E-state index >= 15 is 0 Å². The fourth-order valence-electron chi connectivity index (χ4n) is 1.83. The summed E-state index contributed by atoms with van der Waals surface area (Å²) in [5, 5.41) is 11.6. The minimum absolute atomic E-state index is 0.279. The van der Waals surface area contributed by atoms with Crippen LogP contribution in [0, 0.1) is 13.8 Å². The van der Waals surface area contributed by atoms with E-state index in [2.05, 4.69) is 21.1 Å². The molecular weight excluding hydrogens is 272 g/mol. The maximum Gasteiger partial charge on any atom is 0.318 e. The van der Waals surface area contributed by atoms with Crippen LogP contribution >= 0.6 is 0 Å². The van der Waals surface area contributed by atoms with Crippen molar-refractivity contribution < 1.29 is 14.1 Å². The number of anilines is 2. The minimum atomic E-state index is -0.303. The first-order valence-electron chi connectivity index (χ1n) is 6.34. The van der Waals surface area contributed by atoms with Crippen molar-refractivity contribution in [2.45, 2.75) is 13.8 Å². The van der Waals surface area contributed by atoms with Crippen molar-refractivity contribution in [2.24, 2.45) is 0 Å². The van der Waals surface area contributed by atoms with Crippen LogP contribution in [0.5, 0.6) is 0 Å². The van der Waals surface area contributed by atoms with Crippen molar-refractivity contribution in [3.05, 3.63) is 41.3 Å². The van der Waals surface area contributed by atoms with Gasteiger partial charge in [-0.2, -0.15) is 0 Å². The molecule has 0 aliphatic heterocycles. The lowest BCUT2D eigenvalue weighted by Crippen LogP contribution is -2.24. The van der Waals surface area contributed by atoms with Gasteiger partial charge in [-0.3, -0.25) is 4.79 Å². The Hall–Kier alpha value is -2.83. The number of benzene rings is 1. The number of urea groups is 1. The molecule has 3 amide bonds. The van der Waals surface area contributed by atoms with Gasteiger partial charge in [-0.15, -0.1) is 0 Å². The number of amides is 3. The Labute approximate surface area is 121 Å². The summed E-state index contributed by atoms with van der Waals surface area (Å²) in [5.74, 6) is 0.196. The number of nitrogens with zero attached hydrogens (tertiary/aromatic N) is 1. The fourth-order valence-corrected chi connectivity index (χ4v) is 1.83. The molecule has 7 nitrogen and oxygen atoms in total. The maximum absolute atomic E-state index is 12.1. The van der Waals surface area contributed by atoms with Gasteiger partial charge in [0, 0.05) is 18.4 Å². The van der Waals surface area contributed by atoms with E-state index < -0.39 is 0 Å². The number of carbonyl (C=O) groups is 2. The number of carbonyl (C=O) groups excluding carboxylic acids is 2. The van der Waals surface area contributed by atoms with Crippen LogP contribution in [-0.2, 0) is 0 Å². The Bertz CT molecular complexity index is 642. The Morgan fingerprint density at radius 3 is 2.10 bits per heavy atom. The Balaban J connectivity index is 2.07. The lowest BCUT2D eigenvalue weighted by Gasteiger charge is -2.07. The quantitative estimate of drug-likeness (QED) is 0.807. The van der Waals surface area contributed by atoms with Gasteiger partial charge in [-0.1, -0.05) is 5.16 Å². The third-order valence-corrected chi connectivity index (χ3v) is 2.89. The molecule has 21 heavy (non-hydrogen) atoms. The number of hydrogen-bond acceptors (Lipinski definition) is 4. The van der Waals surface area contributed by atoms with E-state index in [0.717, 1.165) is 0 Å². The summed E-state index contributed by atoms with van der Waals surface area (Å²) in [6, 6.07) is 6.47. The highest BCUT2D eigenvalue weighted by molar-refractivity contribution is 6.05. The molecule has 0 radical (unpaired) electrons. The largest absolute Gasteiger partial charge is 0.361 e. The maximum atomic E-state index is 12.1. The molecule has 1 aromatic heterocycles. The van der Waals surface area contributed by atoms with Gasteiger partial charge in [0.1, 0.15) is 11.3 Å². The molecule has 0 saturated carbocycles. The van der Waals surface area contributed by atoms with Crippen LogP contribution in [0.25, 0.3) is 0 Å². The molecule has 1 heterocycles. The second kappa shape index (κ2) is 6.08. The second-order valence-electron chi connectivity index (χ2n) is 4.43. The first-order valence-corrected chi connectivity index (χ1v) is 6.34. The summed E-state index contributed by atoms with van der Waals surface area (Å²) < 4.78 is 4.96. The Kier molecular flexibility index (Phi) is 4.22. The zero-order valence-corrected chi connectivity index (χ0v) is 12.0. The highest BCUT2D eigenvalue weighted by Crippen LogP contribution is 2.17. The molecule has 0 aliphatic rings. The fraction of sp³-hybridized carbons (Fsp3) is 0.214. The molecule has 1 aromatic carbocycles. The number of hydrogen-bond donors (Lipinski definition) is 3. The van der Waals surface area contributed by atoms with Gasteiger partial charge in [0.2, 0.25) is 0 Å². The molecule has 3 N–H and O–H groups in total. The van der Waals surface area contributed by atoms with E-state index in [1.54, 1.807) is 38.1 Å². The number of aromatic nitrogens is 1. The molecule has 7 heteroatoms. The number of aryl methyl sites for hydroxylation is 2. The van der Waals surface area contributed by atoms with Crippen LogP contribution in [0.3, 0.4) is 0 Å². The van der Waals surface area contributed by atoms with Gasteiger partial charge in [-0.25, -0.2) is 4.79 Å². The zero-order chi connectivity index (χ0) is 15.4. The highest BCUT2D eigenvalue weighted by atomic mass is 16.5. The molecular formula is C14H16N4O3. The van der Waals surface area contributed by atoms with Crippen molar-refractivity contribution in [1.29, 1.82) is 0 Å². The van der Waals surface area contributed by atoms with E-state index in [0.29, 0.717) is 28.4 Å². The van der Waals surface area contributed by atoms with Crippen molar-refractivity contribution >= 4 is 23.3 Å². The molecule has 0 atom stereocenters. The van der Waals surface area contributed by atoms with E-state index in [4.69, 9.17) is 4.52 Å². The third kappa shape index (κ3) is 3.38. The molecule has 0 fully saturated rings. The Morgan fingerprint density at radius 1 is 1.05 bits per heavy atom. The lowest BCUT2D eigenvalue weighted by atomic mass is 10.2. The van der Waals surface area contributed by atoms with Gasteiger partial charge in [-0.05, 0) is 38.1 Å². The predicted octanol–water partition coefficient (Wildman–Crippen LogP) is 2.30. The molecule has 0 aliphatic carbocycles. The minimum Gasteiger partial charge on any atom is -0.361 e. The van der Waals surface area contributed by atoms with Gasteiger partial charge < -0.3 is 20.5 Å². The van der Waals surface area contributed by atoms with Crippen LogP contribution in [0.2, 0.25) is 0 Å². The summed E-state index contributed by atoms with van der Waals surface area (Å²) in [7, 11) is 1.54. The predicted molar refractivity (Wildman–Crippen MR) is 78.5 cm³/mol. The monoisotopic (exact) mass is 288 g/mol. The van der Waals surface area contributed by atoms with Crippen LogP contribution in [0.1, 0.15) is 21.8 Å². The number of rotatable bonds is 3. The first-order chi connectivity index (χ1) is 10.0. The average Bonchev–Trinajstić information content (AvgIpc) is 2.80. The topological polar surface area (TPSA) is 96.3 Å².